The van der Waals surface area contributed by atoms with Gasteiger partial charge in [-0.2, -0.15) is 0 Å². The first-order valence-electron chi connectivity index (χ1n) is 9.22. The summed E-state index contributed by atoms with van der Waals surface area (Å²) in [4.78, 5) is 29.8. The van der Waals surface area contributed by atoms with Crippen LogP contribution in [0.25, 0.3) is 33.3 Å². The molecule has 2 aromatic carbocycles. The maximum absolute atomic E-state index is 12.9. The molecule has 0 unspecified atom stereocenters. The summed E-state index contributed by atoms with van der Waals surface area (Å²) in [5, 5.41) is 1.46. The number of pyridine rings is 1. The van der Waals surface area contributed by atoms with Gasteiger partial charge in [-0.25, -0.2) is 4.98 Å². The van der Waals surface area contributed by atoms with Crippen LogP contribution >= 0.6 is 0 Å². The van der Waals surface area contributed by atoms with Crippen molar-refractivity contribution in [3.63, 3.8) is 0 Å². The van der Waals surface area contributed by atoms with E-state index < -0.39 is 11.8 Å². The zero-order chi connectivity index (χ0) is 20.5. The first kappa shape index (κ1) is 17.7. The summed E-state index contributed by atoms with van der Waals surface area (Å²) in [5.41, 5.74) is 6.96. The third-order valence-corrected chi connectivity index (χ3v) is 4.67. The minimum absolute atomic E-state index is 0.104. The highest BCUT2D eigenvalue weighted by Crippen LogP contribution is 2.25. The Hall–Kier alpha value is -4.39. The first-order valence-corrected chi connectivity index (χ1v) is 9.22. The summed E-state index contributed by atoms with van der Waals surface area (Å²) in [6.07, 6.45) is 1.54. The van der Waals surface area contributed by atoms with Crippen LogP contribution in [0.1, 0.15) is 20.9 Å². The van der Waals surface area contributed by atoms with Crippen LogP contribution < -0.4 is 10.9 Å². The number of carbonyl (C=O) groups excluding carboxylic acids is 2. The van der Waals surface area contributed by atoms with E-state index in [2.05, 4.69) is 15.8 Å². The van der Waals surface area contributed by atoms with Gasteiger partial charge in [0.05, 0.1) is 17.3 Å². The number of hydrogen-bond donors (Lipinski definition) is 2. The molecular formula is C23H15N3O4. The number of furan rings is 2. The molecule has 0 atom stereocenters. The second kappa shape index (κ2) is 7.21. The molecule has 0 aliphatic rings. The fourth-order valence-electron chi connectivity index (χ4n) is 3.25. The molecule has 3 aromatic heterocycles. The van der Waals surface area contributed by atoms with Crippen molar-refractivity contribution in [2.24, 2.45) is 0 Å². The summed E-state index contributed by atoms with van der Waals surface area (Å²) in [6, 6.07) is 21.3. The van der Waals surface area contributed by atoms with Crippen LogP contribution in [0.2, 0.25) is 0 Å². The van der Waals surface area contributed by atoms with Gasteiger partial charge in [0.15, 0.2) is 11.5 Å². The number of para-hydroxylation sites is 2. The van der Waals surface area contributed by atoms with E-state index in [0.29, 0.717) is 33.5 Å². The zero-order valence-electron chi connectivity index (χ0n) is 15.6. The number of benzene rings is 2. The van der Waals surface area contributed by atoms with Crippen LogP contribution in [0.15, 0.2) is 87.9 Å². The van der Waals surface area contributed by atoms with Gasteiger partial charge < -0.3 is 8.83 Å². The number of carbonyl (C=O) groups is 2. The molecule has 7 heteroatoms. The Bertz CT molecular complexity index is 1350. The maximum atomic E-state index is 12.9. The molecule has 3 heterocycles. The lowest BCUT2D eigenvalue weighted by Crippen LogP contribution is -2.41. The van der Waals surface area contributed by atoms with E-state index in [-0.39, 0.29) is 5.76 Å². The fraction of sp³-hybridized carbons (Fsp3) is 0. The van der Waals surface area contributed by atoms with Gasteiger partial charge in [-0.3, -0.25) is 20.4 Å². The molecule has 7 nitrogen and oxygen atoms in total. The van der Waals surface area contributed by atoms with Crippen LogP contribution in [0.5, 0.6) is 0 Å². The minimum atomic E-state index is -0.552. The van der Waals surface area contributed by atoms with Crippen molar-refractivity contribution in [1.29, 1.82) is 0 Å². The van der Waals surface area contributed by atoms with E-state index in [0.717, 1.165) is 5.39 Å². The van der Waals surface area contributed by atoms with Gasteiger partial charge in [-0.15, -0.1) is 0 Å². The summed E-state index contributed by atoms with van der Waals surface area (Å²) < 4.78 is 10.9. The summed E-state index contributed by atoms with van der Waals surface area (Å²) in [5.74, 6) is -0.386. The molecule has 0 radical (unpaired) electrons. The predicted molar refractivity (Wildman–Crippen MR) is 111 cm³/mol. The normalized spacial score (nSPS) is 10.9. The number of hydrazine groups is 1. The molecule has 0 saturated heterocycles. The molecule has 0 fully saturated rings. The number of nitrogens with one attached hydrogen (secondary N) is 2. The fourth-order valence-corrected chi connectivity index (χ4v) is 3.25. The van der Waals surface area contributed by atoms with Crippen molar-refractivity contribution in [1.82, 2.24) is 15.8 Å². The summed E-state index contributed by atoms with van der Waals surface area (Å²) >= 11 is 0. The van der Waals surface area contributed by atoms with Gasteiger partial charge >= 0.3 is 5.91 Å². The Morgan fingerprint density at radius 3 is 2.47 bits per heavy atom. The molecule has 146 valence electrons. The first-order chi connectivity index (χ1) is 14.7. The summed E-state index contributed by atoms with van der Waals surface area (Å²) in [6.45, 7) is 0. The molecule has 5 rings (SSSR count). The number of aromatic nitrogens is 1. The Labute approximate surface area is 170 Å². The highest BCUT2D eigenvalue weighted by molar-refractivity contribution is 6.08. The van der Waals surface area contributed by atoms with Crippen molar-refractivity contribution in [3.8, 4) is 11.5 Å². The number of amides is 2. The Balaban J connectivity index is 1.42. The molecule has 0 aliphatic carbocycles. The van der Waals surface area contributed by atoms with Crippen LogP contribution in [-0.2, 0) is 0 Å². The molecule has 5 aromatic rings. The van der Waals surface area contributed by atoms with Crippen molar-refractivity contribution < 1.29 is 18.4 Å². The highest BCUT2D eigenvalue weighted by atomic mass is 16.3. The smallest absolute Gasteiger partial charge is 0.305 e. The van der Waals surface area contributed by atoms with Gasteiger partial charge in [0.2, 0.25) is 0 Å². The number of nitrogens with zero attached hydrogens (tertiary/aromatic N) is 1. The van der Waals surface area contributed by atoms with E-state index in [1.165, 1.54) is 0 Å². The number of fused-ring (bicyclic) bond motifs is 2. The minimum Gasteiger partial charge on any atom is -0.463 e. The van der Waals surface area contributed by atoms with E-state index in [9.17, 15) is 9.59 Å². The average molecular weight is 397 g/mol. The molecule has 0 spiro atoms. The SMILES string of the molecule is O=C(NNC(=O)c1cc(-c2ccco2)nc2ccccc12)c1cc2ccccc2o1. The molecular weight excluding hydrogens is 382 g/mol. The predicted octanol–water partition coefficient (Wildman–Crippen LogP) is 4.32. The van der Waals surface area contributed by atoms with Crippen LogP contribution in [0, 0.1) is 0 Å². The maximum Gasteiger partial charge on any atom is 0.305 e. The van der Waals surface area contributed by atoms with Gasteiger partial charge in [-0.05, 0) is 36.4 Å². The lowest BCUT2D eigenvalue weighted by Gasteiger charge is -2.10. The van der Waals surface area contributed by atoms with Gasteiger partial charge in [-0.1, -0.05) is 36.4 Å². The molecule has 0 bridgehead atoms. The van der Waals surface area contributed by atoms with E-state index in [1.54, 1.807) is 42.7 Å². The standard InChI is InChI=1S/C23H15N3O4/c27-22(25-26-23(28)21-12-14-6-1-4-9-19(14)30-21)16-13-18(20-10-5-11-29-20)24-17-8-3-2-7-15(16)17/h1-13H,(H,25,27)(H,26,28). The Morgan fingerprint density at radius 1 is 0.833 bits per heavy atom. The van der Waals surface area contributed by atoms with Crippen LogP contribution in [-0.4, -0.2) is 16.8 Å². The van der Waals surface area contributed by atoms with Crippen LogP contribution in [0.3, 0.4) is 0 Å². The molecule has 2 N–H and O–H groups in total. The third kappa shape index (κ3) is 3.18. The largest absolute Gasteiger partial charge is 0.463 e. The van der Waals surface area contributed by atoms with Crippen molar-refractivity contribution >= 4 is 33.7 Å². The van der Waals surface area contributed by atoms with Gasteiger partial charge in [0.25, 0.3) is 5.91 Å². The zero-order valence-corrected chi connectivity index (χ0v) is 15.6. The molecule has 0 aliphatic heterocycles. The monoisotopic (exact) mass is 397 g/mol. The highest BCUT2D eigenvalue weighted by Gasteiger charge is 2.17. The van der Waals surface area contributed by atoms with Crippen molar-refractivity contribution in [3.05, 3.63) is 90.4 Å². The van der Waals surface area contributed by atoms with E-state index in [1.807, 2.05) is 36.4 Å². The number of rotatable bonds is 3. The topological polar surface area (TPSA) is 97.4 Å². The van der Waals surface area contributed by atoms with E-state index >= 15 is 0 Å². The average Bonchev–Trinajstić information content (AvgIpc) is 3.46. The molecule has 2 amide bonds. The Kier molecular flexibility index (Phi) is 4.25. The second-order valence-corrected chi connectivity index (χ2v) is 6.61. The van der Waals surface area contributed by atoms with Crippen molar-refractivity contribution in [2.75, 3.05) is 0 Å². The number of hydrogen-bond acceptors (Lipinski definition) is 5. The van der Waals surface area contributed by atoms with Gasteiger partial charge in [0.1, 0.15) is 11.3 Å². The Morgan fingerprint density at radius 2 is 1.63 bits per heavy atom. The second-order valence-electron chi connectivity index (χ2n) is 6.61. The quantitative estimate of drug-likeness (QED) is 0.442. The van der Waals surface area contributed by atoms with Crippen LogP contribution in [0.4, 0.5) is 0 Å². The van der Waals surface area contributed by atoms with E-state index in [4.69, 9.17) is 8.83 Å². The molecule has 0 saturated carbocycles. The summed E-state index contributed by atoms with van der Waals surface area (Å²) in [7, 11) is 0. The molecule has 30 heavy (non-hydrogen) atoms. The van der Waals surface area contributed by atoms with Gasteiger partial charge in [0, 0.05) is 10.8 Å². The van der Waals surface area contributed by atoms with Crippen molar-refractivity contribution in [2.45, 2.75) is 0 Å². The third-order valence-electron chi connectivity index (χ3n) is 4.67. The lowest BCUT2D eigenvalue weighted by molar-refractivity contribution is 0.0833. The lowest BCUT2D eigenvalue weighted by atomic mass is 10.1.